The molecule has 7 heteroatoms. The Morgan fingerprint density at radius 2 is 1.22 bits per heavy atom. The van der Waals surface area contributed by atoms with Crippen molar-refractivity contribution in [3.05, 3.63) is 102 Å². The third kappa shape index (κ3) is 12.1. The molecule has 0 aliphatic heterocycles. The van der Waals surface area contributed by atoms with E-state index in [4.69, 9.17) is 9.47 Å². The summed E-state index contributed by atoms with van der Waals surface area (Å²) in [5.41, 5.74) is 8.16. The number of benzene rings is 3. The summed E-state index contributed by atoms with van der Waals surface area (Å²) < 4.78 is 11.5. The van der Waals surface area contributed by atoms with E-state index < -0.39 is 20.0 Å². The van der Waals surface area contributed by atoms with Gasteiger partial charge in [0.2, 0.25) is 0 Å². The molecule has 0 amide bonds. The van der Waals surface area contributed by atoms with E-state index in [0.717, 1.165) is 51.4 Å². The Kier molecular flexibility index (Phi) is 16.5. The molecule has 3 aromatic rings. The Bertz CT molecular complexity index is 1640. The van der Waals surface area contributed by atoms with E-state index in [9.17, 15) is 19.8 Å². The van der Waals surface area contributed by atoms with E-state index in [1.807, 2.05) is 0 Å². The number of hydrogen-bond acceptors (Lipinski definition) is 6. The zero-order valence-electron chi connectivity index (χ0n) is 33.6. The van der Waals surface area contributed by atoms with Crippen molar-refractivity contribution in [3.8, 4) is 22.3 Å². The molecule has 1 fully saturated rings. The average Bonchev–Trinajstić information content (AvgIpc) is 3.17. The average molecular weight is 753 g/mol. The summed E-state index contributed by atoms with van der Waals surface area (Å²) in [7, 11) is -2.26. The highest BCUT2D eigenvalue weighted by Crippen LogP contribution is 2.38. The van der Waals surface area contributed by atoms with Crippen LogP contribution in [0.1, 0.15) is 108 Å². The molecule has 1 aliphatic rings. The van der Waals surface area contributed by atoms with E-state index in [1.54, 1.807) is 13.8 Å². The molecule has 6 nitrogen and oxygen atoms in total. The number of carbonyl (C=O) groups excluding carboxylic acids is 2. The van der Waals surface area contributed by atoms with Crippen LogP contribution in [0.5, 0.6) is 0 Å². The Balaban J connectivity index is 1.62. The first-order valence-electron chi connectivity index (χ1n) is 20.1. The number of esters is 2. The lowest BCUT2D eigenvalue weighted by Gasteiger charge is -2.30. The maximum atomic E-state index is 12.6. The maximum absolute atomic E-state index is 12.6. The minimum atomic E-state index is -2.26. The van der Waals surface area contributed by atoms with Gasteiger partial charge in [-0.05, 0) is 114 Å². The van der Waals surface area contributed by atoms with Crippen LogP contribution in [0.2, 0.25) is 19.1 Å². The SMILES string of the molecule is C=C(C)C(=O)OCc1cc(-c2ccc(-c3ccc(C4CCC(CCCCC)CC4)cc3)cc2)cc(COC(=O)C(=C)C)c1[Si](C)(C)CCCC(CO)CO. The largest absolute Gasteiger partial charge is 0.457 e. The molecule has 0 aromatic heterocycles. The Morgan fingerprint density at radius 3 is 1.69 bits per heavy atom. The molecule has 1 saturated carbocycles. The van der Waals surface area contributed by atoms with E-state index in [2.05, 4.69) is 93.8 Å². The fraction of sp³-hybridized carbons (Fsp3) is 0.489. The van der Waals surface area contributed by atoms with Gasteiger partial charge in [0.15, 0.2) is 0 Å². The summed E-state index contributed by atoms with van der Waals surface area (Å²) in [5, 5.41) is 20.4. The summed E-state index contributed by atoms with van der Waals surface area (Å²) in [6, 6.07) is 22.8. The lowest BCUT2D eigenvalue weighted by Crippen LogP contribution is -2.46. The fourth-order valence-corrected chi connectivity index (χ4v) is 11.4. The Labute approximate surface area is 325 Å². The first-order valence-corrected chi connectivity index (χ1v) is 23.3. The second-order valence-electron chi connectivity index (χ2n) is 16.3. The van der Waals surface area contributed by atoms with Crippen molar-refractivity contribution in [2.75, 3.05) is 13.2 Å². The highest BCUT2D eigenvalue weighted by Gasteiger charge is 2.31. The van der Waals surface area contributed by atoms with E-state index >= 15 is 0 Å². The van der Waals surface area contributed by atoms with Crippen LogP contribution in [0.3, 0.4) is 0 Å². The van der Waals surface area contributed by atoms with Crippen molar-refractivity contribution in [3.63, 3.8) is 0 Å². The number of hydrogen-bond donors (Lipinski definition) is 2. The van der Waals surface area contributed by atoms with Crippen LogP contribution in [0.4, 0.5) is 0 Å². The number of ether oxygens (including phenoxy) is 2. The summed E-state index contributed by atoms with van der Waals surface area (Å²) in [6.07, 6.45) is 12.2. The molecule has 1 aliphatic carbocycles. The molecule has 0 heterocycles. The third-order valence-electron chi connectivity index (χ3n) is 11.3. The van der Waals surface area contributed by atoms with Crippen LogP contribution in [0, 0.1) is 11.8 Å². The number of unbranched alkanes of at least 4 members (excludes halogenated alkanes) is 2. The van der Waals surface area contributed by atoms with Crippen molar-refractivity contribution < 1.29 is 29.3 Å². The van der Waals surface area contributed by atoms with Crippen LogP contribution < -0.4 is 5.19 Å². The predicted octanol–water partition coefficient (Wildman–Crippen LogP) is 10.4. The first-order chi connectivity index (χ1) is 25.9. The van der Waals surface area contributed by atoms with E-state index in [0.29, 0.717) is 23.5 Å². The van der Waals surface area contributed by atoms with Gasteiger partial charge in [-0.15, -0.1) is 0 Å². The number of aliphatic hydroxyl groups is 2. The second kappa shape index (κ2) is 20.8. The van der Waals surface area contributed by atoms with Crippen LogP contribution in [-0.2, 0) is 32.3 Å². The monoisotopic (exact) mass is 752 g/mol. The van der Waals surface area contributed by atoms with Gasteiger partial charge in [-0.3, -0.25) is 0 Å². The molecule has 0 atom stereocenters. The van der Waals surface area contributed by atoms with Gasteiger partial charge in [0, 0.05) is 30.3 Å². The van der Waals surface area contributed by atoms with Gasteiger partial charge in [0.25, 0.3) is 0 Å². The zero-order chi connectivity index (χ0) is 39.3. The van der Waals surface area contributed by atoms with Crippen molar-refractivity contribution in [2.45, 2.75) is 123 Å². The number of carbonyl (C=O) groups is 2. The van der Waals surface area contributed by atoms with Gasteiger partial charge in [-0.1, -0.05) is 120 Å². The molecular formula is C47H64O6Si. The highest BCUT2D eigenvalue weighted by molar-refractivity contribution is 6.90. The van der Waals surface area contributed by atoms with E-state index in [-0.39, 0.29) is 32.3 Å². The summed E-state index contributed by atoms with van der Waals surface area (Å²) >= 11 is 0. The third-order valence-corrected chi connectivity index (χ3v) is 14.9. The van der Waals surface area contributed by atoms with Gasteiger partial charge in [0.05, 0.1) is 8.07 Å². The van der Waals surface area contributed by atoms with Gasteiger partial charge < -0.3 is 19.7 Å². The fourth-order valence-electron chi connectivity index (χ4n) is 8.03. The second-order valence-corrected chi connectivity index (χ2v) is 21.1. The summed E-state index contributed by atoms with van der Waals surface area (Å²) in [6.45, 7) is 17.6. The minimum absolute atomic E-state index is 0.0540. The molecule has 2 N–H and O–H groups in total. The van der Waals surface area contributed by atoms with Crippen LogP contribution in [0.15, 0.2) is 85.0 Å². The van der Waals surface area contributed by atoms with Crippen LogP contribution in [0.25, 0.3) is 22.3 Å². The minimum Gasteiger partial charge on any atom is -0.457 e. The molecule has 4 rings (SSSR count). The highest BCUT2D eigenvalue weighted by atomic mass is 28.3. The summed E-state index contributed by atoms with van der Waals surface area (Å²) in [5.74, 6) is 0.490. The van der Waals surface area contributed by atoms with Crippen LogP contribution >= 0.6 is 0 Å². The number of aliphatic hydroxyl groups excluding tert-OH is 2. The van der Waals surface area contributed by atoms with Crippen molar-refractivity contribution in [1.29, 1.82) is 0 Å². The molecule has 0 radical (unpaired) electrons. The lowest BCUT2D eigenvalue weighted by atomic mass is 9.77. The molecule has 292 valence electrons. The zero-order valence-corrected chi connectivity index (χ0v) is 34.6. The number of rotatable bonds is 20. The lowest BCUT2D eigenvalue weighted by molar-refractivity contribution is -0.140. The van der Waals surface area contributed by atoms with Gasteiger partial charge in [-0.2, -0.15) is 0 Å². The van der Waals surface area contributed by atoms with Gasteiger partial charge in [0.1, 0.15) is 13.2 Å². The molecule has 3 aromatic carbocycles. The smallest absolute Gasteiger partial charge is 0.333 e. The van der Waals surface area contributed by atoms with E-state index in [1.165, 1.54) is 62.5 Å². The first kappa shape index (κ1) is 43.0. The molecule has 0 unspecified atom stereocenters. The molecular weight excluding hydrogens is 689 g/mol. The van der Waals surface area contributed by atoms with Gasteiger partial charge in [-0.25, -0.2) is 9.59 Å². The predicted molar refractivity (Wildman–Crippen MR) is 224 cm³/mol. The normalized spacial score (nSPS) is 15.9. The maximum Gasteiger partial charge on any atom is 0.333 e. The van der Waals surface area contributed by atoms with Crippen molar-refractivity contribution in [1.82, 2.24) is 0 Å². The van der Waals surface area contributed by atoms with Gasteiger partial charge >= 0.3 is 11.9 Å². The Hall–Kier alpha value is -3.78. The topological polar surface area (TPSA) is 93.1 Å². The molecule has 54 heavy (non-hydrogen) atoms. The van der Waals surface area contributed by atoms with Crippen molar-refractivity contribution in [2.24, 2.45) is 11.8 Å². The van der Waals surface area contributed by atoms with Crippen molar-refractivity contribution >= 4 is 25.2 Å². The molecule has 0 bridgehead atoms. The molecule has 0 spiro atoms. The molecule has 0 saturated heterocycles. The standard InChI is InChI=1S/C47H64O6Si/c1-8-9-10-12-35-14-16-37(17-15-35)38-18-20-39(21-19-38)40-22-24-41(25-23-40)42-27-43(31-52-46(50)33(2)3)45(44(28-42)32-53-47(51)34(4)5)54(6,7)26-11-13-36(29-48)30-49/h18-25,27-28,35-37,48-49H,2,4,8-17,26,29-32H2,1,3,5-7H3. The van der Waals surface area contributed by atoms with Crippen LogP contribution in [-0.4, -0.2) is 43.4 Å². The quantitative estimate of drug-likeness (QED) is 0.0517. The Morgan fingerprint density at radius 1 is 0.741 bits per heavy atom. The summed E-state index contributed by atoms with van der Waals surface area (Å²) in [4.78, 5) is 25.2.